The molecule has 21 heavy (non-hydrogen) atoms. The minimum Gasteiger partial charge on any atom is -0.497 e. The van der Waals surface area contributed by atoms with Crippen LogP contribution in [-0.2, 0) is 0 Å². The highest BCUT2D eigenvalue weighted by Crippen LogP contribution is 2.26. The topological polar surface area (TPSA) is 42.1 Å². The molecule has 3 nitrogen and oxygen atoms in total. The number of methoxy groups -OCH3 is 1. The second-order valence-corrected chi connectivity index (χ2v) is 4.98. The number of nitrogens with one attached hydrogen (secondary N) is 1. The van der Waals surface area contributed by atoms with Crippen LogP contribution in [0.25, 0.3) is 10.9 Å². The van der Waals surface area contributed by atoms with Gasteiger partial charge in [0.25, 0.3) is 0 Å². The number of ketones is 1. The van der Waals surface area contributed by atoms with Gasteiger partial charge in [-0.2, -0.15) is 0 Å². The van der Waals surface area contributed by atoms with Crippen molar-refractivity contribution in [2.45, 2.75) is 0 Å². The first kappa shape index (κ1) is 13.6. The summed E-state index contributed by atoms with van der Waals surface area (Å²) in [5.41, 5.74) is 1.66. The van der Waals surface area contributed by atoms with E-state index in [1.54, 1.807) is 19.4 Å². The quantitative estimate of drug-likeness (QED) is 0.737. The summed E-state index contributed by atoms with van der Waals surface area (Å²) >= 11 is 5.73. The number of carbonyl (C=O) groups excluding carboxylic acids is 1. The van der Waals surface area contributed by atoms with E-state index in [1.807, 2.05) is 12.1 Å². The second-order valence-electron chi connectivity index (χ2n) is 4.57. The molecular weight excluding hydrogens is 293 g/mol. The monoisotopic (exact) mass is 303 g/mol. The first-order chi connectivity index (χ1) is 10.1. The van der Waals surface area contributed by atoms with E-state index in [1.165, 1.54) is 18.2 Å². The molecule has 0 saturated heterocycles. The molecule has 1 aromatic heterocycles. The summed E-state index contributed by atoms with van der Waals surface area (Å²) in [7, 11) is 1.56. The van der Waals surface area contributed by atoms with E-state index in [4.69, 9.17) is 16.3 Å². The molecule has 0 atom stereocenters. The molecule has 0 amide bonds. The third-order valence-electron chi connectivity index (χ3n) is 3.32. The van der Waals surface area contributed by atoms with Crippen LogP contribution in [0, 0.1) is 5.82 Å². The van der Waals surface area contributed by atoms with E-state index < -0.39 is 5.82 Å². The number of benzene rings is 2. The Morgan fingerprint density at radius 3 is 2.76 bits per heavy atom. The summed E-state index contributed by atoms with van der Waals surface area (Å²) in [4.78, 5) is 15.6. The smallest absolute Gasteiger partial charge is 0.195 e. The standard InChI is InChI=1S/C16H11ClFNO2/c1-21-10-3-5-15-11(7-10)12(8-19-15)16(20)9-2-4-14(18)13(17)6-9/h2-8,19H,1H3. The fourth-order valence-electron chi connectivity index (χ4n) is 2.21. The summed E-state index contributed by atoms with van der Waals surface area (Å²) in [6.07, 6.45) is 1.63. The molecule has 0 aliphatic carbocycles. The minimum atomic E-state index is -0.547. The summed E-state index contributed by atoms with van der Waals surface area (Å²) < 4.78 is 18.4. The summed E-state index contributed by atoms with van der Waals surface area (Å²) in [5.74, 6) is -0.112. The Bertz CT molecular complexity index is 841. The normalized spacial score (nSPS) is 10.8. The van der Waals surface area contributed by atoms with Crippen molar-refractivity contribution in [3.05, 3.63) is 64.6 Å². The maximum Gasteiger partial charge on any atom is 0.195 e. The van der Waals surface area contributed by atoms with E-state index in [-0.39, 0.29) is 10.8 Å². The predicted molar refractivity (Wildman–Crippen MR) is 79.7 cm³/mol. The highest BCUT2D eigenvalue weighted by molar-refractivity contribution is 6.31. The molecule has 0 radical (unpaired) electrons. The second kappa shape index (κ2) is 5.22. The summed E-state index contributed by atoms with van der Waals surface area (Å²) in [6.45, 7) is 0. The molecule has 0 aliphatic heterocycles. The number of H-pyrrole nitrogens is 1. The fraction of sp³-hybridized carbons (Fsp3) is 0.0625. The molecule has 0 unspecified atom stereocenters. The first-order valence-corrected chi connectivity index (χ1v) is 6.63. The van der Waals surface area contributed by atoms with Gasteiger partial charge in [0, 0.05) is 28.2 Å². The Kier molecular flexibility index (Phi) is 3.39. The van der Waals surface area contributed by atoms with Crippen LogP contribution < -0.4 is 4.74 Å². The highest BCUT2D eigenvalue weighted by Gasteiger charge is 2.16. The summed E-state index contributed by atoms with van der Waals surface area (Å²) in [6, 6.07) is 9.36. The van der Waals surface area contributed by atoms with Gasteiger partial charge < -0.3 is 9.72 Å². The van der Waals surface area contributed by atoms with Crippen molar-refractivity contribution >= 4 is 28.3 Å². The maximum atomic E-state index is 13.2. The number of halogens is 2. The van der Waals surface area contributed by atoms with Crippen LogP contribution in [0.5, 0.6) is 5.75 Å². The number of fused-ring (bicyclic) bond motifs is 1. The molecule has 1 heterocycles. The molecule has 2 aromatic carbocycles. The predicted octanol–water partition coefficient (Wildman–Crippen LogP) is 4.20. The summed E-state index contributed by atoms with van der Waals surface area (Å²) in [5, 5.41) is 0.679. The van der Waals surface area contributed by atoms with Gasteiger partial charge in [-0.25, -0.2) is 4.39 Å². The van der Waals surface area contributed by atoms with Gasteiger partial charge in [-0.15, -0.1) is 0 Å². The molecule has 106 valence electrons. The van der Waals surface area contributed by atoms with E-state index in [2.05, 4.69) is 4.98 Å². The van der Waals surface area contributed by atoms with E-state index in [0.717, 1.165) is 10.9 Å². The van der Waals surface area contributed by atoms with Gasteiger partial charge in [0.05, 0.1) is 12.1 Å². The van der Waals surface area contributed by atoms with Crippen LogP contribution in [0.1, 0.15) is 15.9 Å². The van der Waals surface area contributed by atoms with E-state index in [9.17, 15) is 9.18 Å². The van der Waals surface area contributed by atoms with Crippen molar-refractivity contribution in [3.8, 4) is 5.75 Å². The number of carbonyl (C=O) groups is 1. The lowest BCUT2D eigenvalue weighted by molar-refractivity contribution is 0.104. The van der Waals surface area contributed by atoms with E-state index >= 15 is 0 Å². The first-order valence-electron chi connectivity index (χ1n) is 6.25. The van der Waals surface area contributed by atoms with Crippen molar-refractivity contribution in [1.82, 2.24) is 4.98 Å². The van der Waals surface area contributed by atoms with E-state index in [0.29, 0.717) is 16.9 Å². The zero-order valence-corrected chi connectivity index (χ0v) is 11.9. The van der Waals surface area contributed by atoms with Crippen molar-refractivity contribution in [1.29, 1.82) is 0 Å². The third-order valence-corrected chi connectivity index (χ3v) is 3.60. The van der Waals surface area contributed by atoms with Crippen LogP contribution in [0.2, 0.25) is 5.02 Å². The lowest BCUT2D eigenvalue weighted by Gasteiger charge is -2.03. The molecule has 0 bridgehead atoms. The van der Waals surface area contributed by atoms with Crippen LogP contribution in [-0.4, -0.2) is 17.9 Å². The van der Waals surface area contributed by atoms with Crippen molar-refractivity contribution in [2.75, 3.05) is 7.11 Å². The lowest BCUT2D eigenvalue weighted by atomic mass is 10.0. The SMILES string of the molecule is COc1ccc2[nH]cc(C(=O)c3ccc(F)c(Cl)c3)c2c1. The number of aromatic nitrogens is 1. The van der Waals surface area contributed by atoms with Gasteiger partial charge in [0.1, 0.15) is 11.6 Å². The molecule has 5 heteroatoms. The zero-order valence-electron chi connectivity index (χ0n) is 11.1. The molecular formula is C16H11ClFNO2. The molecule has 1 N–H and O–H groups in total. The number of aromatic amines is 1. The molecule has 0 spiro atoms. The number of ether oxygens (including phenoxy) is 1. The van der Waals surface area contributed by atoms with Crippen LogP contribution in [0.4, 0.5) is 4.39 Å². The number of hydrogen-bond acceptors (Lipinski definition) is 2. The third kappa shape index (κ3) is 2.38. The highest BCUT2D eigenvalue weighted by atomic mass is 35.5. The van der Waals surface area contributed by atoms with Gasteiger partial charge in [0.15, 0.2) is 5.78 Å². The van der Waals surface area contributed by atoms with Crippen molar-refractivity contribution < 1.29 is 13.9 Å². The van der Waals surface area contributed by atoms with Gasteiger partial charge >= 0.3 is 0 Å². The Hall–Kier alpha value is -2.33. The zero-order chi connectivity index (χ0) is 15.0. The number of hydrogen-bond donors (Lipinski definition) is 1. The maximum absolute atomic E-state index is 13.2. The van der Waals surface area contributed by atoms with Crippen LogP contribution in [0.15, 0.2) is 42.6 Å². The average Bonchev–Trinajstić information content (AvgIpc) is 2.92. The Morgan fingerprint density at radius 2 is 2.05 bits per heavy atom. The van der Waals surface area contributed by atoms with Crippen LogP contribution in [0.3, 0.4) is 0 Å². The van der Waals surface area contributed by atoms with Gasteiger partial charge in [0.2, 0.25) is 0 Å². The molecule has 0 aliphatic rings. The molecule has 0 fully saturated rings. The van der Waals surface area contributed by atoms with Crippen molar-refractivity contribution in [2.24, 2.45) is 0 Å². The Balaban J connectivity index is 2.10. The Morgan fingerprint density at radius 1 is 1.24 bits per heavy atom. The molecule has 3 aromatic rings. The van der Waals surface area contributed by atoms with Crippen molar-refractivity contribution in [3.63, 3.8) is 0 Å². The minimum absolute atomic E-state index is 0.0710. The van der Waals surface area contributed by atoms with Crippen LogP contribution >= 0.6 is 11.6 Å². The van der Waals surface area contributed by atoms with Gasteiger partial charge in [-0.3, -0.25) is 4.79 Å². The van der Waals surface area contributed by atoms with Gasteiger partial charge in [-0.05, 0) is 36.4 Å². The molecule has 0 saturated carbocycles. The number of rotatable bonds is 3. The Labute approximate surface area is 125 Å². The average molecular weight is 304 g/mol. The largest absolute Gasteiger partial charge is 0.497 e. The molecule has 3 rings (SSSR count). The fourth-order valence-corrected chi connectivity index (χ4v) is 2.39. The lowest BCUT2D eigenvalue weighted by Crippen LogP contribution is -2.00. The van der Waals surface area contributed by atoms with Gasteiger partial charge in [-0.1, -0.05) is 11.6 Å².